The van der Waals surface area contributed by atoms with Gasteiger partial charge in [-0.15, -0.1) is 0 Å². The number of halogens is 1. The molecule has 0 bridgehead atoms. The van der Waals surface area contributed by atoms with Crippen LogP contribution in [0.4, 0.5) is 0 Å². The molecular weight excluding hydrogens is 214 g/mol. The molecule has 0 fully saturated rings. The maximum atomic E-state index is 6.05. The fourth-order valence-electron chi connectivity index (χ4n) is 1.21. The fourth-order valence-corrected chi connectivity index (χ4v) is 1.48. The largest absolute Gasteiger partial charge is 0.393 e. The van der Waals surface area contributed by atoms with Crippen molar-refractivity contribution in [3.8, 4) is 0 Å². The predicted molar refractivity (Wildman–Crippen MR) is 65.7 cm³/mol. The summed E-state index contributed by atoms with van der Waals surface area (Å²) < 4.78 is 0. The summed E-state index contributed by atoms with van der Waals surface area (Å²) in [6.07, 6.45) is 0.780. The van der Waals surface area contributed by atoms with Crippen LogP contribution in [0.15, 0.2) is 24.3 Å². The lowest BCUT2D eigenvalue weighted by molar-refractivity contribution is 0.523. The quantitative estimate of drug-likeness (QED) is 0.803. The standard InChI is InChI=1S/C11H14ClNS/c1-11(2,10(13)14)7-8-5-3-4-6-9(8)12/h3-6H,7H2,1-2H3,(H2,13,14). The molecule has 0 radical (unpaired) electrons. The fraction of sp³-hybridized carbons (Fsp3) is 0.364. The van der Waals surface area contributed by atoms with Gasteiger partial charge in [-0.2, -0.15) is 0 Å². The van der Waals surface area contributed by atoms with Crippen molar-refractivity contribution in [2.45, 2.75) is 20.3 Å². The Morgan fingerprint density at radius 2 is 2.00 bits per heavy atom. The average molecular weight is 228 g/mol. The normalized spacial score (nSPS) is 11.4. The Balaban J connectivity index is 2.89. The van der Waals surface area contributed by atoms with Crippen molar-refractivity contribution in [3.63, 3.8) is 0 Å². The molecule has 0 spiro atoms. The molecule has 0 aliphatic heterocycles. The highest BCUT2D eigenvalue weighted by atomic mass is 35.5. The minimum absolute atomic E-state index is 0.180. The first-order chi connectivity index (χ1) is 6.43. The molecule has 0 saturated heterocycles. The molecular formula is C11H14ClNS. The molecule has 76 valence electrons. The number of hydrogen-bond acceptors (Lipinski definition) is 1. The molecule has 14 heavy (non-hydrogen) atoms. The van der Waals surface area contributed by atoms with E-state index in [2.05, 4.69) is 0 Å². The maximum absolute atomic E-state index is 6.05. The summed E-state index contributed by atoms with van der Waals surface area (Å²) in [6, 6.07) is 7.77. The number of thiocarbonyl (C=S) groups is 1. The van der Waals surface area contributed by atoms with Gasteiger partial charge in [0.1, 0.15) is 0 Å². The molecule has 0 heterocycles. The number of nitrogens with two attached hydrogens (primary N) is 1. The molecule has 0 aromatic heterocycles. The molecule has 1 nitrogen and oxygen atoms in total. The molecule has 3 heteroatoms. The molecule has 1 aromatic rings. The molecule has 0 aliphatic rings. The molecule has 0 atom stereocenters. The van der Waals surface area contributed by atoms with Crippen molar-refractivity contribution in [1.82, 2.24) is 0 Å². The van der Waals surface area contributed by atoms with Crippen LogP contribution < -0.4 is 5.73 Å². The monoisotopic (exact) mass is 227 g/mol. The van der Waals surface area contributed by atoms with E-state index in [1.54, 1.807) is 0 Å². The van der Waals surface area contributed by atoms with E-state index in [-0.39, 0.29) is 5.41 Å². The van der Waals surface area contributed by atoms with Crippen molar-refractivity contribution in [1.29, 1.82) is 0 Å². The minimum atomic E-state index is -0.180. The third-order valence-electron chi connectivity index (χ3n) is 2.26. The van der Waals surface area contributed by atoms with Crippen molar-refractivity contribution in [2.24, 2.45) is 11.1 Å². The lowest BCUT2D eigenvalue weighted by atomic mass is 9.86. The van der Waals surface area contributed by atoms with Crippen LogP contribution in [0.5, 0.6) is 0 Å². The number of benzene rings is 1. The second-order valence-electron chi connectivity index (χ2n) is 4.02. The van der Waals surface area contributed by atoms with Crippen LogP contribution >= 0.6 is 23.8 Å². The van der Waals surface area contributed by atoms with Gasteiger partial charge in [0.05, 0.1) is 4.99 Å². The third-order valence-corrected chi connectivity index (χ3v) is 3.18. The van der Waals surface area contributed by atoms with Gasteiger partial charge in [0, 0.05) is 10.4 Å². The van der Waals surface area contributed by atoms with Gasteiger partial charge in [-0.05, 0) is 18.1 Å². The Morgan fingerprint density at radius 1 is 1.43 bits per heavy atom. The Labute approximate surface area is 95.3 Å². The summed E-state index contributed by atoms with van der Waals surface area (Å²) in [5.74, 6) is 0. The van der Waals surface area contributed by atoms with Crippen LogP contribution in [-0.4, -0.2) is 4.99 Å². The summed E-state index contributed by atoms with van der Waals surface area (Å²) in [5, 5.41) is 0.775. The molecule has 0 saturated carbocycles. The maximum Gasteiger partial charge on any atom is 0.0787 e. The van der Waals surface area contributed by atoms with Crippen molar-refractivity contribution in [3.05, 3.63) is 34.9 Å². The van der Waals surface area contributed by atoms with Crippen LogP contribution in [0.1, 0.15) is 19.4 Å². The van der Waals surface area contributed by atoms with Crippen LogP contribution in [0.3, 0.4) is 0 Å². The second-order valence-corrected chi connectivity index (χ2v) is 4.86. The highest BCUT2D eigenvalue weighted by Crippen LogP contribution is 2.26. The predicted octanol–water partition coefficient (Wildman–Crippen LogP) is 3.19. The molecule has 0 unspecified atom stereocenters. The summed E-state index contributed by atoms with van der Waals surface area (Å²) in [4.78, 5) is 0.525. The van der Waals surface area contributed by atoms with E-state index in [1.165, 1.54) is 0 Å². The van der Waals surface area contributed by atoms with Crippen molar-refractivity contribution < 1.29 is 0 Å². The second kappa shape index (κ2) is 4.28. The zero-order valence-electron chi connectivity index (χ0n) is 8.38. The smallest absolute Gasteiger partial charge is 0.0787 e. The zero-order chi connectivity index (χ0) is 10.8. The molecule has 0 aliphatic carbocycles. The SMILES string of the molecule is CC(C)(Cc1ccccc1Cl)C(N)=S. The highest BCUT2D eigenvalue weighted by molar-refractivity contribution is 7.80. The summed E-state index contributed by atoms with van der Waals surface area (Å²) in [6.45, 7) is 4.05. The van der Waals surface area contributed by atoms with E-state index in [9.17, 15) is 0 Å². The van der Waals surface area contributed by atoms with Gasteiger partial charge in [-0.25, -0.2) is 0 Å². The van der Waals surface area contributed by atoms with E-state index in [4.69, 9.17) is 29.6 Å². The number of hydrogen-bond donors (Lipinski definition) is 1. The van der Waals surface area contributed by atoms with Crippen LogP contribution in [-0.2, 0) is 6.42 Å². The van der Waals surface area contributed by atoms with Gasteiger partial charge in [-0.3, -0.25) is 0 Å². The van der Waals surface area contributed by atoms with E-state index in [1.807, 2.05) is 38.1 Å². The van der Waals surface area contributed by atoms with E-state index in [0.29, 0.717) is 4.99 Å². The average Bonchev–Trinajstić information content (AvgIpc) is 2.08. The first-order valence-electron chi connectivity index (χ1n) is 4.47. The van der Waals surface area contributed by atoms with E-state index in [0.717, 1.165) is 17.0 Å². The lowest BCUT2D eigenvalue weighted by Gasteiger charge is -2.23. The lowest BCUT2D eigenvalue weighted by Crippen LogP contribution is -2.31. The van der Waals surface area contributed by atoms with Gasteiger partial charge in [0.2, 0.25) is 0 Å². The zero-order valence-corrected chi connectivity index (χ0v) is 9.95. The molecule has 0 amide bonds. The van der Waals surface area contributed by atoms with Gasteiger partial charge in [0.15, 0.2) is 0 Å². The van der Waals surface area contributed by atoms with Crippen LogP contribution in [0.2, 0.25) is 5.02 Å². The third kappa shape index (κ3) is 2.69. The van der Waals surface area contributed by atoms with Crippen molar-refractivity contribution in [2.75, 3.05) is 0 Å². The summed E-state index contributed by atoms with van der Waals surface area (Å²) >= 11 is 11.1. The topological polar surface area (TPSA) is 26.0 Å². The van der Waals surface area contributed by atoms with Gasteiger partial charge < -0.3 is 5.73 Å². The summed E-state index contributed by atoms with van der Waals surface area (Å²) in [5.41, 5.74) is 6.57. The Hall–Kier alpha value is -0.600. The molecule has 1 rings (SSSR count). The van der Waals surface area contributed by atoms with Gasteiger partial charge in [0.25, 0.3) is 0 Å². The highest BCUT2D eigenvalue weighted by Gasteiger charge is 2.22. The number of rotatable bonds is 3. The Kier molecular flexibility index (Phi) is 3.51. The molecule has 1 aromatic carbocycles. The molecule has 2 N–H and O–H groups in total. The first kappa shape index (κ1) is 11.5. The first-order valence-corrected chi connectivity index (χ1v) is 5.25. The van der Waals surface area contributed by atoms with Crippen LogP contribution in [0.25, 0.3) is 0 Å². The summed E-state index contributed by atoms with van der Waals surface area (Å²) in [7, 11) is 0. The van der Waals surface area contributed by atoms with Crippen molar-refractivity contribution >= 4 is 28.8 Å². The van der Waals surface area contributed by atoms with E-state index >= 15 is 0 Å². The minimum Gasteiger partial charge on any atom is -0.393 e. The van der Waals surface area contributed by atoms with Crippen LogP contribution in [0, 0.1) is 5.41 Å². The Morgan fingerprint density at radius 3 is 2.50 bits per heavy atom. The van der Waals surface area contributed by atoms with E-state index < -0.39 is 0 Å². The van der Waals surface area contributed by atoms with Gasteiger partial charge >= 0.3 is 0 Å². The Bertz CT molecular complexity index is 347. The van der Waals surface area contributed by atoms with Gasteiger partial charge in [-0.1, -0.05) is 55.9 Å².